The van der Waals surface area contributed by atoms with Crippen LogP contribution in [0.5, 0.6) is 5.88 Å². The highest BCUT2D eigenvalue weighted by Crippen LogP contribution is 2.33. The Bertz CT molecular complexity index is 1400. The van der Waals surface area contributed by atoms with Crippen LogP contribution in [0.25, 0.3) is 22.3 Å². The molecule has 6 N–H and O–H groups in total. The van der Waals surface area contributed by atoms with Gasteiger partial charge in [0.2, 0.25) is 5.88 Å². The van der Waals surface area contributed by atoms with Crippen molar-refractivity contribution < 1.29 is 24.5 Å². The van der Waals surface area contributed by atoms with Gasteiger partial charge in [0.1, 0.15) is 17.8 Å². The molecule has 40 heavy (non-hydrogen) atoms. The van der Waals surface area contributed by atoms with E-state index in [4.69, 9.17) is 35.4 Å². The lowest BCUT2D eigenvalue weighted by atomic mass is 10.1. The van der Waals surface area contributed by atoms with Crippen molar-refractivity contribution in [1.29, 1.82) is 0 Å². The number of rotatable bonds is 6. The summed E-state index contributed by atoms with van der Waals surface area (Å²) in [6.07, 6.45) is 5.27. The summed E-state index contributed by atoms with van der Waals surface area (Å²) in [7, 11) is 1.63. The van der Waals surface area contributed by atoms with E-state index in [0.29, 0.717) is 24.3 Å². The van der Waals surface area contributed by atoms with Gasteiger partial charge in [0, 0.05) is 43.4 Å². The average molecular weight is 551 g/mol. The number of ether oxygens (including phenoxy) is 1. The van der Waals surface area contributed by atoms with Crippen LogP contribution in [0.1, 0.15) is 38.3 Å². The first kappa shape index (κ1) is 29.8. The SMILES string of the molecule is CC(=O)O.CC(=O)O.COc1ncccc1CNc1ccc(-c2nn(C3CCNCC3)c3ncnc(N)c23)cc1. The Morgan fingerprint density at radius 2 is 1.73 bits per heavy atom. The normalized spacial score (nSPS) is 12.9. The molecule has 1 aliphatic heterocycles. The Balaban J connectivity index is 0.000000490. The number of nitrogen functional groups attached to an aromatic ring is 1. The number of nitrogens with zero attached hydrogens (tertiary/aromatic N) is 5. The maximum atomic E-state index is 9.00. The van der Waals surface area contributed by atoms with Gasteiger partial charge in [0.05, 0.1) is 18.5 Å². The third-order valence-electron chi connectivity index (χ3n) is 5.86. The predicted molar refractivity (Wildman–Crippen MR) is 151 cm³/mol. The summed E-state index contributed by atoms with van der Waals surface area (Å²) >= 11 is 0. The predicted octanol–water partition coefficient (Wildman–Crippen LogP) is 3.20. The standard InChI is InChI=1S/C23H26N8O.2C2H4O2/c1-32-23-16(3-2-10-26-23)13-27-17-6-4-15(5-7-17)20-19-21(24)28-14-29-22(19)31(30-20)18-8-11-25-12-9-18;2*1-2(3)4/h2-7,10,14,18,25,27H,8-9,11-13H2,1H3,(H2,24,28,29);2*1H3,(H,3,4). The second-order valence-electron chi connectivity index (χ2n) is 8.87. The van der Waals surface area contributed by atoms with Crippen molar-refractivity contribution in [3.8, 4) is 17.1 Å². The van der Waals surface area contributed by atoms with E-state index in [2.05, 4.69) is 25.6 Å². The zero-order valence-electron chi connectivity index (χ0n) is 22.7. The molecule has 1 aromatic carbocycles. The maximum absolute atomic E-state index is 9.00. The smallest absolute Gasteiger partial charge is 0.300 e. The molecular weight excluding hydrogens is 516 g/mol. The number of methoxy groups -OCH3 is 1. The number of nitrogens with two attached hydrogens (primary N) is 1. The number of benzene rings is 1. The molecule has 0 bridgehead atoms. The van der Waals surface area contributed by atoms with Crippen LogP contribution in [0.3, 0.4) is 0 Å². The highest BCUT2D eigenvalue weighted by molar-refractivity contribution is 5.98. The Morgan fingerprint density at radius 1 is 1.07 bits per heavy atom. The zero-order chi connectivity index (χ0) is 29.1. The number of hydrogen-bond acceptors (Lipinski definition) is 10. The number of carboxylic acid groups (broad SMARTS) is 2. The molecular formula is C27H34N8O5. The molecule has 1 aliphatic rings. The summed E-state index contributed by atoms with van der Waals surface area (Å²) in [5, 5.41) is 27.4. The molecule has 13 nitrogen and oxygen atoms in total. The molecule has 3 aromatic heterocycles. The van der Waals surface area contributed by atoms with Gasteiger partial charge in [-0.05, 0) is 44.1 Å². The van der Waals surface area contributed by atoms with Gasteiger partial charge < -0.3 is 31.3 Å². The second kappa shape index (κ2) is 14.4. The largest absolute Gasteiger partial charge is 0.481 e. The number of fused-ring (bicyclic) bond motifs is 1. The van der Waals surface area contributed by atoms with Crippen LogP contribution >= 0.6 is 0 Å². The van der Waals surface area contributed by atoms with Gasteiger partial charge in [-0.2, -0.15) is 5.10 Å². The van der Waals surface area contributed by atoms with Crippen molar-refractivity contribution in [3.05, 3.63) is 54.5 Å². The topological polar surface area (TPSA) is 190 Å². The number of aromatic nitrogens is 5. The molecule has 13 heteroatoms. The van der Waals surface area contributed by atoms with Crippen molar-refractivity contribution in [3.63, 3.8) is 0 Å². The third-order valence-corrected chi connectivity index (χ3v) is 5.86. The van der Waals surface area contributed by atoms with Gasteiger partial charge in [-0.25, -0.2) is 19.6 Å². The van der Waals surface area contributed by atoms with Crippen molar-refractivity contribution in [1.82, 2.24) is 30.0 Å². The van der Waals surface area contributed by atoms with Crippen LogP contribution in [0.2, 0.25) is 0 Å². The summed E-state index contributed by atoms with van der Waals surface area (Å²) in [4.78, 5) is 31.0. The number of carboxylic acids is 2. The highest BCUT2D eigenvalue weighted by Gasteiger charge is 2.23. The number of pyridine rings is 1. The summed E-state index contributed by atoms with van der Waals surface area (Å²) in [5.41, 5.74) is 10.8. The van der Waals surface area contributed by atoms with Gasteiger partial charge >= 0.3 is 0 Å². The maximum Gasteiger partial charge on any atom is 0.300 e. The fourth-order valence-electron chi connectivity index (χ4n) is 4.19. The highest BCUT2D eigenvalue weighted by atomic mass is 16.5. The monoisotopic (exact) mass is 550 g/mol. The van der Waals surface area contributed by atoms with Crippen LogP contribution in [0.4, 0.5) is 11.5 Å². The molecule has 0 unspecified atom stereocenters. The fourth-order valence-corrected chi connectivity index (χ4v) is 4.19. The zero-order valence-corrected chi connectivity index (χ0v) is 22.7. The number of aliphatic carboxylic acids is 2. The average Bonchev–Trinajstić information content (AvgIpc) is 3.33. The molecule has 4 heterocycles. The van der Waals surface area contributed by atoms with E-state index in [9.17, 15) is 0 Å². The minimum absolute atomic E-state index is 0.303. The Morgan fingerprint density at radius 3 is 2.35 bits per heavy atom. The Hall–Kier alpha value is -4.78. The van der Waals surface area contributed by atoms with Gasteiger partial charge in [0.15, 0.2) is 5.65 Å². The van der Waals surface area contributed by atoms with Gasteiger partial charge in [-0.15, -0.1) is 0 Å². The van der Waals surface area contributed by atoms with Crippen LogP contribution < -0.4 is 21.1 Å². The summed E-state index contributed by atoms with van der Waals surface area (Å²) in [6.45, 7) is 4.73. The molecule has 0 atom stereocenters. The van der Waals surface area contributed by atoms with Gasteiger partial charge in [0.25, 0.3) is 11.9 Å². The molecule has 5 rings (SSSR count). The van der Waals surface area contributed by atoms with E-state index in [1.807, 2.05) is 41.1 Å². The summed E-state index contributed by atoms with van der Waals surface area (Å²) < 4.78 is 7.36. The van der Waals surface area contributed by atoms with E-state index < -0.39 is 11.9 Å². The van der Waals surface area contributed by atoms with Crippen molar-refractivity contribution in [2.45, 2.75) is 39.3 Å². The lowest BCUT2D eigenvalue weighted by molar-refractivity contribution is -0.135. The van der Waals surface area contributed by atoms with Crippen molar-refractivity contribution in [2.75, 3.05) is 31.2 Å². The molecule has 0 aliphatic carbocycles. The molecule has 4 aromatic rings. The van der Waals surface area contributed by atoms with E-state index in [0.717, 1.165) is 73.3 Å². The van der Waals surface area contributed by atoms with Crippen LogP contribution in [0, 0.1) is 0 Å². The lowest BCUT2D eigenvalue weighted by Gasteiger charge is -2.23. The van der Waals surface area contributed by atoms with Gasteiger partial charge in [-0.1, -0.05) is 18.2 Å². The Kier molecular flexibility index (Phi) is 10.7. The summed E-state index contributed by atoms with van der Waals surface area (Å²) in [6, 6.07) is 12.4. The minimum Gasteiger partial charge on any atom is -0.481 e. The van der Waals surface area contributed by atoms with Crippen molar-refractivity contribution >= 4 is 34.5 Å². The van der Waals surface area contributed by atoms with Crippen LogP contribution in [-0.2, 0) is 16.1 Å². The van der Waals surface area contributed by atoms with Gasteiger partial charge in [-0.3, -0.25) is 9.59 Å². The quantitative estimate of drug-likeness (QED) is 0.236. The number of nitrogens with one attached hydrogen (secondary N) is 2. The molecule has 212 valence electrons. The van der Waals surface area contributed by atoms with E-state index >= 15 is 0 Å². The molecule has 0 amide bonds. The molecule has 1 saturated heterocycles. The van der Waals surface area contributed by atoms with Crippen LogP contribution in [-0.4, -0.2) is 67.1 Å². The first-order chi connectivity index (χ1) is 19.2. The first-order valence-corrected chi connectivity index (χ1v) is 12.6. The first-order valence-electron chi connectivity index (χ1n) is 12.6. The van der Waals surface area contributed by atoms with E-state index in [1.54, 1.807) is 13.3 Å². The minimum atomic E-state index is -0.833. The second-order valence-corrected chi connectivity index (χ2v) is 8.87. The molecule has 0 spiro atoms. The fraction of sp³-hybridized carbons (Fsp3) is 0.333. The number of piperidine rings is 1. The number of hydrogen-bond donors (Lipinski definition) is 5. The van der Waals surface area contributed by atoms with E-state index in [-0.39, 0.29) is 0 Å². The molecule has 0 radical (unpaired) electrons. The summed E-state index contributed by atoms with van der Waals surface area (Å²) in [5.74, 6) is -0.585. The van der Waals surface area contributed by atoms with Crippen molar-refractivity contribution in [2.24, 2.45) is 0 Å². The third kappa shape index (κ3) is 8.11. The molecule has 0 saturated carbocycles. The number of carbonyl (C=O) groups is 2. The molecule has 1 fully saturated rings. The van der Waals surface area contributed by atoms with Crippen LogP contribution in [0.15, 0.2) is 48.9 Å². The Labute approximate surface area is 231 Å². The lowest BCUT2D eigenvalue weighted by Crippen LogP contribution is -2.30. The van der Waals surface area contributed by atoms with E-state index in [1.165, 1.54) is 6.33 Å². The number of anilines is 2.